The van der Waals surface area contributed by atoms with Crippen molar-refractivity contribution < 1.29 is 22.6 Å². The van der Waals surface area contributed by atoms with E-state index >= 15 is 0 Å². The highest BCUT2D eigenvalue weighted by atomic mass is 35.5. The minimum Gasteiger partial charge on any atom is -0.455 e. The first-order chi connectivity index (χ1) is 16.5. The topological polar surface area (TPSA) is 144 Å². The third kappa shape index (κ3) is 6.53. The van der Waals surface area contributed by atoms with Gasteiger partial charge in [0.2, 0.25) is 10.0 Å². The Morgan fingerprint density at radius 3 is 2.43 bits per heavy atom. The molecule has 1 amide bonds. The van der Waals surface area contributed by atoms with Crippen LogP contribution in [0.15, 0.2) is 69.0 Å². The van der Waals surface area contributed by atoms with Gasteiger partial charge in [0.1, 0.15) is 17.6 Å². The van der Waals surface area contributed by atoms with Gasteiger partial charge in [0.25, 0.3) is 11.6 Å². The zero-order valence-electron chi connectivity index (χ0n) is 19.1. The van der Waals surface area contributed by atoms with Gasteiger partial charge in [-0.25, -0.2) is 13.8 Å². The second-order valence-corrected chi connectivity index (χ2v) is 10.1. The van der Waals surface area contributed by atoms with E-state index in [4.69, 9.17) is 16.0 Å². The van der Waals surface area contributed by atoms with E-state index in [1.165, 1.54) is 36.5 Å². The summed E-state index contributed by atoms with van der Waals surface area (Å²) in [5.41, 5.74) is 3.53. The quantitative estimate of drug-likeness (QED) is 0.246. The number of hydrazone groups is 1. The van der Waals surface area contributed by atoms with Crippen LogP contribution in [0.25, 0.3) is 11.3 Å². The minimum absolute atomic E-state index is 0.0538. The number of nitrogens with zero attached hydrogens (tertiary/aromatic N) is 2. The first-order valence-electron chi connectivity index (χ1n) is 10.4. The summed E-state index contributed by atoms with van der Waals surface area (Å²) in [6.07, 6.45) is 1.24. The van der Waals surface area contributed by atoms with Gasteiger partial charge in [0.15, 0.2) is 0 Å². The first-order valence-corrected chi connectivity index (χ1v) is 12.3. The number of sulfonamides is 1. The van der Waals surface area contributed by atoms with Crippen LogP contribution in [-0.4, -0.2) is 31.5 Å². The first kappa shape index (κ1) is 26.1. The number of nitrogens with one attached hydrogen (secondary N) is 2. The zero-order chi connectivity index (χ0) is 25.8. The fourth-order valence-electron chi connectivity index (χ4n) is 3.06. The van der Waals surface area contributed by atoms with Crippen LogP contribution in [0, 0.1) is 23.0 Å². The van der Waals surface area contributed by atoms with Gasteiger partial charge in [-0.1, -0.05) is 43.1 Å². The summed E-state index contributed by atoms with van der Waals surface area (Å²) in [7, 11) is -3.92. The van der Waals surface area contributed by atoms with Gasteiger partial charge in [-0.05, 0) is 43.2 Å². The maximum absolute atomic E-state index is 12.7. The van der Waals surface area contributed by atoms with Crippen LogP contribution < -0.4 is 10.1 Å². The zero-order valence-corrected chi connectivity index (χ0v) is 20.6. The molecule has 1 heterocycles. The predicted octanol–water partition coefficient (Wildman–Crippen LogP) is 4.27. The van der Waals surface area contributed by atoms with Gasteiger partial charge >= 0.3 is 0 Å². The Hall–Kier alpha value is -3.54. The van der Waals surface area contributed by atoms with Crippen molar-refractivity contribution in [1.82, 2.24) is 10.1 Å². The van der Waals surface area contributed by atoms with Crippen LogP contribution in [0.1, 0.15) is 25.2 Å². The largest absolute Gasteiger partial charge is 0.455 e. The van der Waals surface area contributed by atoms with Crippen LogP contribution in [0.2, 0.25) is 5.02 Å². The van der Waals surface area contributed by atoms with Crippen LogP contribution in [0.5, 0.6) is 0 Å². The lowest BCUT2D eigenvalue weighted by Gasteiger charge is -2.20. The summed E-state index contributed by atoms with van der Waals surface area (Å²) >= 11 is 6.12. The Labute approximate surface area is 207 Å². The predicted molar refractivity (Wildman–Crippen MR) is 132 cm³/mol. The highest BCUT2D eigenvalue weighted by molar-refractivity contribution is 7.89. The number of non-ortho nitro benzene ring substituents is 1. The number of hydrogen-bond acceptors (Lipinski definition) is 7. The Balaban J connectivity index is 1.68. The van der Waals surface area contributed by atoms with E-state index in [-0.39, 0.29) is 27.3 Å². The van der Waals surface area contributed by atoms with E-state index in [0.717, 1.165) is 5.56 Å². The lowest BCUT2D eigenvalue weighted by Crippen LogP contribution is -2.48. The fraction of sp³-hybridized carbons (Fsp3) is 0.217. The van der Waals surface area contributed by atoms with E-state index in [1.54, 1.807) is 38.1 Å². The van der Waals surface area contributed by atoms with Crippen LogP contribution in [0.3, 0.4) is 0 Å². The summed E-state index contributed by atoms with van der Waals surface area (Å²) < 4.78 is 33.4. The van der Waals surface area contributed by atoms with Gasteiger partial charge in [-0.2, -0.15) is 9.82 Å². The standard InChI is InChI=1S/C23H23ClN4O6S/c1-14(2)22(27-35(32,33)18-8-4-15(3)5-9-18)23(29)26-25-13-17-7-11-21(34-17)19-10-6-16(28(30)31)12-20(19)24/h4-14,22,27H,1-3H3,(H,26,29)/b25-13-/t22-/m0/s1. The van der Waals surface area contributed by atoms with Crippen molar-refractivity contribution in [3.05, 3.63) is 81.1 Å². The van der Waals surface area contributed by atoms with Gasteiger partial charge in [-0.15, -0.1) is 0 Å². The number of carbonyl (C=O) groups excluding carboxylic acids is 1. The molecule has 0 aliphatic heterocycles. The van der Waals surface area contributed by atoms with Crippen LogP contribution >= 0.6 is 11.6 Å². The molecule has 0 saturated carbocycles. The number of nitro groups is 1. The van der Waals surface area contributed by atoms with Crippen LogP contribution in [0.4, 0.5) is 5.69 Å². The number of rotatable bonds is 9. The van der Waals surface area contributed by atoms with Crippen LogP contribution in [-0.2, 0) is 14.8 Å². The molecule has 10 nitrogen and oxygen atoms in total. The molecule has 0 unspecified atom stereocenters. The summed E-state index contributed by atoms with van der Waals surface area (Å²) in [5, 5.41) is 14.9. The molecule has 184 valence electrons. The van der Waals surface area contributed by atoms with Crippen molar-refractivity contribution >= 4 is 39.4 Å². The summed E-state index contributed by atoms with van der Waals surface area (Å²) in [5.74, 6) is -0.373. The highest BCUT2D eigenvalue weighted by Gasteiger charge is 2.28. The molecule has 2 N–H and O–H groups in total. The Morgan fingerprint density at radius 2 is 1.83 bits per heavy atom. The molecule has 2 aromatic carbocycles. The van der Waals surface area contributed by atoms with Crippen molar-refractivity contribution in [1.29, 1.82) is 0 Å². The number of furan rings is 1. The monoisotopic (exact) mass is 518 g/mol. The van der Waals surface area contributed by atoms with E-state index < -0.39 is 26.9 Å². The molecule has 0 spiro atoms. The number of amides is 1. The molecular weight excluding hydrogens is 496 g/mol. The van der Waals surface area contributed by atoms with Gasteiger partial charge < -0.3 is 4.42 Å². The number of hydrogen-bond donors (Lipinski definition) is 2. The van der Waals surface area contributed by atoms with Crippen molar-refractivity contribution in [3.63, 3.8) is 0 Å². The molecule has 3 aromatic rings. The third-order valence-electron chi connectivity index (χ3n) is 4.98. The molecule has 12 heteroatoms. The van der Waals surface area contributed by atoms with Gasteiger partial charge in [0.05, 0.1) is 21.1 Å². The van der Waals surface area contributed by atoms with Gasteiger partial charge in [-0.3, -0.25) is 14.9 Å². The summed E-state index contributed by atoms with van der Waals surface area (Å²) in [6, 6.07) is 12.4. The molecular formula is C23H23ClN4O6S. The third-order valence-corrected chi connectivity index (χ3v) is 6.75. The molecule has 35 heavy (non-hydrogen) atoms. The summed E-state index contributed by atoms with van der Waals surface area (Å²) in [6.45, 7) is 5.26. The van der Waals surface area contributed by atoms with Crippen molar-refractivity contribution in [2.75, 3.05) is 0 Å². The number of benzene rings is 2. The smallest absolute Gasteiger partial charge is 0.270 e. The van der Waals surface area contributed by atoms with E-state index in [2.05, 4.69) is 15.2 Å². The van der Waals surface area contributed by atoms with E-state index in [0.29, 0.717) is 11.3 Å². The SMILES string of the molecule is Cc1ccc(S(=O)(=O)N[C@H](C(=O)N/N=C\c2ccc(-c3ccc([N+](=O)[O-])cc3Cl)o2)C(C)C)cc1. The van der Waals surface area contributed by atoms with E-state index in [1.807, 2.05) is 6.92 Å². The second-order valence-electron chi connectivity index (χ2n) is 8.01. The molecule has 0 saturated heterocycles. The molecule has 0 aliphatic rings. The molecule has 0 aliphatic carbocycles. The Morgan fingerprint density at radius 1 is 1.14 bits per heavy atom. The lowest BCUT2D eigenvalue weighted by molar-refractivity contribution is -0.384. The molecule has 0 fully saturated rings. The van der Waals surface area contributed by atoms with E-state index in [9.17, 15) is 23.3 Å². The Kier molecular flexibility index (Phi) is 8.05. The van der Waals surface area contributed by atoms with Gasteiger partial charge in [0, 0.05) is 17.7 Å². The number of carbonyl (C=O) groups is 1. The average molecular weight is 519 g/mol. The molecule has 1 aromatic heterocycles. The van der Waals surface area contributed by atoms with Crippen molar-refractivity contribution in [2.24, 2.45) is 11.0 Å². The molecule has 1 atom stereocenters. The highest BCUT2D eigenvalue weighted by Crippen LogP contribution is 2.32. The Bertz CT molecular complexity index is 1370. The normalized spacial score (nSPS) is 12.7. The summed E-state index contributed by atoms with van der Waals surface area (Å²) in [4.78, 5) is 23.0. The lowest BCUT2D eigenvalue weighted by atomic mass is 10.1. The number of aryl methyl sites for hydroxylation is 1. The maximum atomic E-state index is 12.7. The second kappa shape index (κ2) is 10.8. The molecule has 0 radical (unpaired) electrons. The molecule has 0 bridgehead atoms. The average Bonchev–Trinajstić information content (AvgIpc) is 3.26. The number of nitro benzene ring substituents is 1. The fourth-order valence-corrected chi connectivity index (χ4v) is 4.67. The maximum Gasteiger partial charge on any atom is 0.270 e. The van der Waals surface area contributed by atoms with Crippen molar-refractivity contribution in [2.45, 2.75) is 31.7 Å². The molecule has 3 rings (SSSR count). The van der Waals surface area contributed by atoms with Crippen molar-refractivity contribution in [3.8, 4) is 11.3 Å². The minimum atomic E-state index is -3.92. The number of halogens is 1.